The molecule has 1 fully saturated rings. The zero-order chi connectivity index (χ0) is 14.3. The summed E-state index contributed by atoms with van der Waals surface area (Å²) in [5.74, 6) is 0.438. The van der Waals surface area contributed by atoms with Gasteiger partial charge in [-0.2, -0.15) is 0 Å². The number of halogens is 1. The number of methoxy groups -OCH3 is 1. The summed E-state index contributed by atoms with van der Waals surface area (Å²) in [6, 6.07) is 4.98. The Balaban J connectivity index is 2.17. The Morgan fingerprint density at radius 1 is 1.42 bits per heavy atom. The van der Waals surface area contributed by atoms with Crippen LogP contribution in [0.25, 0.3) is 0 Å². The van der Waals surface area contributed by atoms with Crippen LogP contribution in [0, 0.1) is 0 Å². The first-order valence-corrected chi connectivity index (χ1v) is 8.45. The maximum absolute atomic E-state index is 12.4. The van der Waals surface area contributed by atoms with E-state index in [0.29, 0.717) is 12.2 Å². The molecule has 1 atom stereocenters. The summed E-state index contributed by atoms with van der Waals surface area (Å²) in [5, 5.41) is 0. The van der Waals surface area contributed by atoms with E-state index in [2.05, 4.69) is 15.9 Å². The lowest BCUT2D eigenvalue weighted by molar-refractivity contribution is 0.322. The summed E-state index contributed by atoms with van der Waals surface area (Å²) >= 11 is 3.28. The van der Waals surface area contributed by atoms with Crippen molar-refractivity contribution in [3.05, 3.63) is 22.7 Å². The summed E-state index contributed by atoms with van der Waals surface area (Å²) in [7, 11) is -1.90. The van der Waals surface area contributed by atoms with Crippen molar-refractivity contribution in [2.45, 2.75) is 36.9 Å². The molecular weight excluding hydrogens is 332 g/mol. The van der Waals surface area contributed by atoms with Gasteiger partial charge in [-0.3, -0.25) is 0 Å². The minimum Gasteiger partial charge on any atom is -0.495 e. The van der Waals surface area contributed by atoms with Crippen LogP contribution in [0.15, 0.2) is 27.6 Å². The van der Waals surface area contributed by atoms with Gasteiger partial charge in [-0.1, -0.05) is 15.9 Å². The standard InChI is InChI=1S/C13H17BrO4S/c1-13(2)12(18-13)6-7-19(15,16)11-8-9(14)4-5-10(11)17-3/h4-5,8,12H,6-7H2,1-3H3. The molecule has 4 nitrogen and oxygen atoms in total. The molecule has 0 saturated carbocycles. The SMILES string of the molecule is COc1ccc(Br)cc1S(=O)(=O)CCC1OC1(C)C. The number of benzene rings is 1. The van der Waals surface area contributed by atoms with Gasteiger partial charge in [0, 0.05) is 4.47 Å². The molecule has 19 heavy (non-hydrogen) atoms. The highest BCUT2D eigenvalue weighted by atomic mass is 79.9. The van der Waals surface area contributed by atoms with Crippen molar-refractivity contribution in [3.63, 3.8) is 0 Å². The number of hydrogen-bond acceptors (Lipinski definition) is 4. The maximum Gasteiger partial charge on any atom is 0.182 e. The average molecular weight is 349 g/mol. The highest BCUT2D eigenvalue weighted by Gasteiger charge is 2.47. The van der Waals surface area contributed by atoms with Crippen LogP contribution in [0.3, 0.4) is 0 Å². The third-order valence-electron chi connectivity index (χ3n) is 3.27. The molecule has 106 valence electrons. The average Bonchev–Trinajstić information content (AvgIpc) is 2.95. The van der Waals surface area contributed by atoms with Crippen molar-refractivity contribution in [1.29, 1.82) is 0 Å². The molecule has 0 amide bonds. The lowest BCUT2D eigenvalue weighted by Crippen LogP contribution is -2.13. The molecule has 1 saturated heterocycles. The zero-order valence-corrected chi connectivity index (χ0v) is 13.5. The molecule has 0 radical (unpaired) electrons. The molecule has 1 heterocycles. The lowest BCUT2D eigenvalue weighted by Gasteiger charge is -2.09. The fourth-order valence-electron chi connectivity index (χ4n) is 2.00. The van der Waals surface area contributed by atoms with Crippen molar-refractivity contribution in [1.82, 2.24) is 0 Å². The van der Waals surface area contributed by atoms with Gasteiger partial charge in [0.05, 0.1) is 24.6 Å². The van der Waals surface area contributed by atoms with Gasteiger partial charge in [0.1, 0.15) is 10.6 Å². The van der Waals surface area contributed by atoms with Gasteiger partial charge in [0.15, 0.2) is 9.84 Å². The Hall–Kier alpha value is -0.590. The van der Waals surface area contributed by atoms with E-state index in [-0.39, 0.29) is 22.4 Å². The topological polar surface area (TPSA) is 55.9 Å². The van der Waals surface area contributed by atoms with Crippen LogP contribution in [0.5, 0.6) is 5.75 Å². The molecule has 1 aromatic carbocycles. The van der Waals surface area contributed by atoms with Crippen molar-refractivity contribution < 1.29 is 17.9 Å². The van der Waals surface area contributed by atoms with E-state index in [1.807, 2.05) is 13.8 Å². The summed E-state index contributed by atoms with van der Waals surface area (Å²) in [5.41, 5.74) is -0.184. The molecule has 0 bridgehead atoms. The van der Waals surface area contributed by atoms with Crippen molar-refractivity contribution in [2.24, 2.45) is 0 Å². The molecule has 1 aliphatic heterocycles. The largest absolute Gasteiger partial charge is 0.495 e. The van der Waals surface area contributed by atoms with Crippen LogP contribution in [0.2, 0.25) is 0 Å². The van der Waals surface area contributed by atoms with E-state index in [9.17, 15) is 8.42 Å². The van der Waals surface area contributed by atoms with E-state index in [0.717, 1.165) is 4.47 Å². The first kappa shape index (κ1) is 14.8. The molecule has 0 aromatic heterocycles. The zero-order valence-electron chi connectivity index (χ0n) is 11.1. The molecule has 1 aliphatic rings. The molecule has 6 heteroatoms. The molecule has 2 rings (SSSR count). The molecular formula is C13H17BrO4S. The predicted molar refractivity (Wildman–Crippen MR) is 76.3 cm³/mol. The Morgan fingerprint density at radius 2 is 2.05 bits per heavy atom. The first-order valence-electron chi connectivity index (χ1n) is 6.00. The molecule has 0 N–H and O–H groups in total. The fourth-order valence-corrected chi connectivity index (χ4v) is 4.03. The fraction of sp³-hybridized carbons (Fsp3) is 0.538. The number of epoxide rings is 1. The highest BCUT2D eigenvalue weighted by Crippen LogP contribution is 2.38. The maximum atomic E-state index is 12.4. The summed E-state index contributed by atoms with van der Waals surface area (Å²) < 4.78 is 35.9. The predicted octanol–water partition coefficient (Wildman–Crippen LogP) is 2.80. The Morgan fingerprint density at radius 3 is 2.58 bits per heavy atom. The van der Waals surface area contributed by atoms with E-state index in [1.54, 1.807) is 18.2 Å². The van der Waals surface area contributed by atoms with Crippen molar-refractivity contribution in [3.8, 4) is 5.75 Å². The monoisotopic (exact) mass is 348 g/mol. The van der Waals surface area contributed by atoms with Crippen LogP contribution in [0.1, 0.15) is 20.3 Å². The smallest absolute Gasteiger partial charge is 0.182 e. The van der Waals surface area contributed by atoms with Crippen LogP contribution < -0.4 is 4.74 Å². The lowest BCUT2D eigenvalue weighted by atomic mass is 10.1. The van der Waals surface area contributed by atoms with Gasteiger partial charge in [0.2, 0.25) is 0 Å². The second-order valence-corrected chi connectivity index (χ2v) is 8.11. The van der Waals surface area contributed by atoms with E-state index in [1.165, 1.54) is 7.11 Å². The Labute approximate surface area is 122 Å². The first-order chi connectivity index (χ1) is 8.76. The second kappa shape index (κ2) is 5.07. The highest BCUT2D eigenvalue weighted by molar-refractivity contribution is 9.10. The molecule has 0 spiro atoms. The van der Waals surface area contributed by atoms with Gasteiger partial charge in [0.25, 0.3) is 0 Å². The van der Waals surface area contributed by atoms with Gasteiger partial charge < -0.3 is 9.47 Å². The van der Waals surface area contributed by atoms with Crippen LogP contribution >= 0.6 is 15.9 Å². The molecule has 1 unspecified atom stereocenters. The Bertz CT molecular complexity index is 580. The normalized spacial score (nSPS) is 21.2. The second-order valence-electron chi connectivity index (χ2n) is 5.11. The van der Waals surface area contributed by atoms with Crippen molar-refractivity contribution in [2.75, 3.05) is 12.9 Å². The summed E-state index contributed by atoms with van der Waals surface area (Å²) in [4.78, 5) is 0.225. The number of rotatable bonds is 5. The minimum atomic E-state index is -3.37. The summed E-state index contributed by atoms with van der Waals surface area (Å²) in [6.07, 6.45) is 0.533. The number of ether oxygens (including phenoxy) is 2. The van der Waals surface area contributed by atoms with E-state index >= 15 is 0 Å². The Kier molecular flexibility index (Phi) is 3.95. The number of hydrogen-bond donors (Lipinski definition) is 0. The quantitative estimate of drug-likeness (QED) is 0.767. The molecule has 1 aromatic rings. The van der Waals surface area contributed by atoms with Crippen LogP contribution in [-0.4, -0.2) is 33.0 Å². The van der Waals surface area contributed by atoms with Gasteiger partial charge in [-0.05, 0) is 38.5 Å². The van der Waals surface area contributed by atoms with Crippen LogP contribution in [0.4, 0.5) is 0 Å². The number of sulfone groups is 1. The van der Waals surface area contributed by atoms with Gasteiger partial charge in [-0.25, -0.2) is 8.42 Å². The third kappa shape index (κ3) is 3.30. The van der Waals surface area contributed by atoms with Crippen LogP contribution in [-0.2, 0) is 14.6 Å². The third-order valence-corrected chi connectivity index (χ3v) is 5.53. The van der Waals surface area contributed by atoms with E-state index < -0.39 is 9.84 Å². The summed E-state index contributed by atoms with van der Waals surface area (Å²) in [6.45, 7) is 3.92. The van der Waals surface area contributed by atoms with Crippen molar-refractivity contribution >= 4 is 25.8 Å². The van der Waals surface area contributed by atoms with E-state index in [4.69, 9.17) is 9.47 Å². The van der Waals surface area contributed by atoms with Gasteiger partial charge in [-0.15, -0.1) is 0 Å². The minimum absolute atomic E-state index is 0.0282. The molecule has 0 aliphatic carbocycles. The van der Waals surface area contributed by atoms with Gasteiger partial charge >= 0.3 is 0 Å².